The fourth-order valence-corrected chi connectivity index (χ4v) is 7.51. The monoisotopic (exact) mass is 412 g/mol. The standard InChI is InChI=1S/C24H34N3OS/c1-2-10-29-23-20(6-7-21(25-23)27-8-4-3-5-9-27)22(28)26-24-14-17-11-18(15-24)13-19(12-17)16-24/h4,6-7,17-19H,2-3,5,8-16H2,1H3,(H,26,28). The van der Waals surface area contributed by atoms with Crippen molar-refractivity contribution in [1.29, 1.82) is 0 Å². The summed E-state index contributed by atoms with van der Waals surface area (Å²) in [7, 11) is 0. The lowest BCUT2D eigenvalue weighted by molar-refractivity contribution is -0.0167. The highest BCUT2D eigenvalue weighted by Gasteiger charge is 2.51. The number of hydrogen-bond donors (Lipinski definition) is 1. The van der Waals surface area contributed by atoms with E-state index in [1.54, 1.807) is 11.8 Å². The van der Waals surface area contributed by atoms with Gasteiger partial charge in [-0.3, -0.25) is 4.79 Å². The van der Waals surface area contributed by atoms with Gasteiger partial charge in [-0.2, -0.15) is 0 Å². The van der Waals surface area contributed by atoms with Gasteiger partial charge in [0.25, 0.3) is 5.91 Å². The maximum Gasteiger partial charge on any atom is 0.254 e. The van der Waals surface area contributed by atoms with E-state index in [1.807, 2.05) is 6.07 Å². The van der Waals surface area contributed by atoms with Crippen molar-refractivity contribution in [2.45, 2.75) is 75.3 Å². The summed E-state index contributed by atoms with van der Waals surface area (Å²) < 4.78 is 0. The van der Waals surface area contributed by atoms with E-state index in [-0.39, 0.29) is 11.4 Å². The molecule has 5 aliphatic rings. The molecule has 1 radical (unpaired) electrons. The molecule has 0 aromatic carbocycles. The summed E-state index contributed by atoms with van der Waals surface area (Å²) in [4.78, 5) is 20.7. The highest BCUT2D eigenvalue weighted by molar-refractivity contribution is 7.99. The molecule has 4 nitrogen and oxygen atoms in total. The number of nitrogens with zero attached hydrogens (tertiary/aromatic N) is 2. The predicted molar refractivity (Wildman–Crippen MR) is 119 cm³/mol. The number of thioether (sulfide) groups is 1. The average molecular weight is 413 g/mol. The third-order valence-corrected chi connectivity index (χ3v) is 8.66. The topological polar surface area (TPSA) is 45.2 Å². The van der Waals surface area contributed by atoms with Crippen LogP contribution in [0.3, 0.4) is 0 Å². The molecule has 1 aromatic rings. The molecule has 0 spiro atoms. The minimum atomic E-state index is 0.0546. The van der Waals surface area contributed by atoms with Gasteiger partial charge >= 0.3 is 0 Å². The number of hydrogen-bond acceptors (Lipinski definition) is 4. The molecule has 4 saturated carbocycles. The van der Waals surface area contributed by atoms with E-state index in [2.05, 4.69) is 29.6 Å². The van der Waals surface area contributed by atoms with Gasteiger partial charge in [-0.25, -0.2) is 4.98 Å². The van der Waals surface area contributed by atoms with Crippen molar-refractivity contribution in [2.75, 3.05) is 23.7 Å². The second-order valence-corrected chi connectivity index (χ2v) is 11.0. The molecule has 1 amide bonds. The molecule has 5 fully saturated rings. The van der Waals surface area contributed by atoms with E-state index in [0.717, 1.165) is 59.4 Å². The zero-order valence-corrected chi connectivity index (χ0v) is 18.5. The Morgan fingerprint density at radius 3 is 2.55 bits per heavy atom. The summed E-state index contributed by atoms with van der Waals surface area (Å²) in [5.41, 5.74) is 0.836. The number of anilines is 1. The summed E-state index contributed by atoms with van der Waals surface area (Å²) >= 11 is 1.74. The summed E-state index contributed by atoms with van der Waals surface area (Å²) in [5.74, 6) is 4.64. The molecule has 1 saturated heterocycles. The second-order valence-electron chi connectivity index (χ2n) is 9.90. The van der Waals surface area contributed by atoms with E-state index < -0.39 is 0 Å². The normalized spacial score (nSPS) is 33.1. The number of carbonyl (C=O) groups excluding carboxylic acids is 1. The summed E-state index contributed by atoms with van der Waals surface area (Å²) in [6, 6.07) is 4.09. The van der Waals surface area contributed by atoms with Gasteiger partial charge in [0.2, 0.25) is 0 Å². The molecular weight excluding hydrogens is 378 g/mol. The quantitative estimate of drug-likeness (QED) is 0.661. The highest BCUT2D eigenvalue weighted by Crippen LogP contribution is 2.55. The third kappa shape index (κ3) is 4.04. The van der Waals surface area contributed by atoms with Crippen molar-refractivity contribution in [3.05, 3.63) is 24.1 Å². The van der Waals surface area contributed by atoms with E-state index in [1.165, 1.54) is 51.4 Å². The first kappa shape index (κ1) is 19.7. The maximum atomic E-state index is 13.4. The molecule has 1 aliphatic heterocycles. The first-order valence-corrected chi connectivity index (χ1v) is 12.7. The summed E-state index contributed by atoms with van der Waals surface area (Å²) in [5, 5.41) is 4.46. The molecule has 1 aromatic heterocycles. The van der Waals surface area contributed by atoms with Gasteiger partial charge in [-0.1, -0.05) is 6.92 Å². The second kappa shape index (κ2) is 8.13. The van der Waals surface area contributed by atoms with Crippen molar-refractivity contribution >= 4 is 23.5 Å². The molecule has 5 heteroatoms. The predicted octanol–water partition coefficient (Wildman–Crippen LogP) is 5.09. The Labute approximate surface area is 179 Å². The zero-order chi connectivity index (χ0) is 19.8. The first-order chi connectivity index (χ1) is 14.1. The van der Waals surface area contributed by atoms with Gasteiger partial charge in [0.15, 0.2) is 0 Å². The Morgan fingerprint density at radius 1 is 1.21 bits per heavy atom. The molecule has 0 atom stereocenters. The van der Waals surface area contributed by atoms with Gasteiger partial charge in [-0.05, 0) is 99.8 Å². The van der Waals surface area contributed by atoms with Crippen molar-refractivity contribution < 1.29 is 4.79 Å². The van der Waals surface area contributed by atoms with Gasteiger partial charge in [0.05, 0.1) is 5.56 Å². The minimum Gasteiger partial charge on any atom is -0.356 e. The molecule has 6 rings (SSSR count). The van der Waals surface area contributed by atoms with Crippen molar-refractivity contribution in [3.8, 4) is 0 Å². The number of amides is 1. The highest BCUT2D eigenvalue weighted by atomic mass is 32.2. The molecule has 4 aliphatic carbocycles. The smallest absolute Gasteiger partial charge is 0.254 e. The SMILES string of the molecule is CCCSc1nc(N2C[CH]CCC2)ccc1C(=O)NC12CC3CC(CC(C3)C1)C2. The molecule has 157 valence electrons. The van der Waals surface area contributed by atoms with Crippen LogP contribution in [-0.2, 0) is 0 Å². The Hall–Kier alpha value is -1.23. The van der Waals surface area contributed by atoms with Crippen LogP contribution < -0.4 is 10.2 Å². The maximum absolute atomic E-state index is 13.4. The fraction of sp³-hybridized carbons (Fsp3) is 0.708. The lowest BCUT2D eigenvalue weighted by Crippen LogP contribution is -2.59. The van der Waals surface area contributed by atoms with Crippen LogP contribution in [0.15, 0.2) is 17.2 Å². The minimum absolute atomic E-state index is 0.0546. The lowest BCUT2D eigenvalue weighted by Gasteiger charge is -2.56. The van der Waals surface area contributed by atoms with Crippen LogP contribution in [0.4, 0.5) is 5.82 Å². The molecule has 29 heavy (non-hydrogen) atoms. The summed E-state index contributed by atoms with van der Waals surface area (Å²) in [6.45, 7) is 4.20. The number of rotatable bonds is 6. The molecule has 0 unspecified atom stereocenters. The van der Waals surface area contributed by atoms with Crippen molar-refractivity contribution in [3.63, 3.8) is 0 Å². The van der Waals surface area contributed by atoms with Crippen LogP contribution in [0.1, 0.15) is 75.1 Å². The van der Waals surface area contributed by atoms with Crippen LogP contribution in [0.25, 0.3) is 0 Å². The number of nitrogens with one attached hydrogen (secondary N) is 1. The number of pyridine rings is 1. The Morgan fingerprint density at radius 2 is 1.93 bits per heavy atom. The summed E-state index contributed by atoms with van der Waals surface area (Å²) in [6.07, 6.45) is 13.6. The van der Waals surface area contributed by atoms with Crippen molar-refractivity contribution in [2.24, 2.45) is 17.8 Å². The van der Waals surface area contributed by atoms with Crippen LogP contribution >= 0.6 is 11.8 Å². The van der Waals surface area contributed by atoms with Gasteiger partial charge in [0, 0.05) is 18.6 Å². The zero-order valence-electron chi connectivity index (χ0n) is 17.7. The first-order valence-electron chi connectivity index (χ1n) is 11.7. The Balaban J connectivity index is 1.36. The van der Waals surface area contributed by atoms with E-state index in [0.29, 0.717) is 0 Å². The number of piperidine rings is 1. The number of carbonyl (C=O) groups is 1. The third-order valence-electron chi connectivity index (χ3n) is 7.46. The van der Waals surface area contributed by atoms with Crippen LogP contribution in [0.2, 0.25) is 0 Å². The van der Waals surface area contributed by atoms with Gasteiger partial charge < -0.3 is 10.2 Å². The van der Waals surface area contributed by atoms with Gasteiger partial charge in [-0.15, -0.1) is 11.8 Å². The van der Waals surface area contributed by atoms with E-state index >= 15 is 0 Å². The lowest BCUT2D eigenvalue weighted by atomic mass is 9.53. The van der Waals surface area contributed by atoms with Crippen LogP contribution in [-0.4, -0.2) is 35.3 Å². The fourth-order valence-electron chi connectivity index (χ4n) is 6.63. The van der Waals surface area contributed by atoms with Gasteiger partial charge in [0.1, 0.15) is 10.8 Å². The Kier molecular flexibility index (Phi) is 5.53. The molecule has 4 bridgehead atoms. The van der Waals surface area contributed by atoms with Crippen molar-refractivity contribution in [1.82, 2.24) is 10.3 Å². The van der Waals surface area contributed by atoms with Crippen LogP contribution in [0.5, 0.6) is 0 Å². The molecule has 2 heterocycles. The van der Waals surface area contributed by atoms with Crippen LogP contribution in [0, 0.1) is 24.2 Å². The van der Waals surface area contributed by atoms with E-state index in [9.17, 15) is 4.79 Å². The van der Waals surface area contributed by atoms with E-state index in [4.69, 9.17) is 4.98 Å². The number of aromatic nitrogens is 1. The Bertz CT molecular complexity index is 723. The largest absolute Gasteiger partial charge is 0.356 e. The average Bonchev–Trinajstić information content (AvgIpc) is 2.71. The molecular formula is C24H34N3OS. The molecule has 1 N–H and O–H groups in total.